The van der Waals surface area contributed by atoms with E-state index in [1.54, 1.807) is 12.1 Å². The fourth-order valence-electron chi connectivity index (χ4n) is 2.55. The van der Waals surface area contributed by atoms with Crippen LogP contribution in [-0.4, -0.2) is 37.0 Å². The van der Waals surface area contributed by atoms with Crippen molar-refractivity contribution in [3.63, 3.8) is 0 Å². The van der Waals surface area contributed by atoms with Crippen LogP contribution in [0.25, 0.3) is 0 Å². The molecule has 1 aliphatic heterocycles. The Bertz CT molecular complexity index is 441. The Hall–Kier alpha value is -1.17. The third-order valence-corrected chi connectivity index (χ3v) is 3.71. The number of likely N-dealkylation sites (tertiary alicyclic amines) is 1. The summed E-state index contributed by atoms with van der Waals surface area (Å²) >= 11 is 0. The first-order valence-electron chi connectivity index (χ1n) is 7.11. The van der Waals surface area contributed by atoms with Gasteiger partial charge in [0.25, 0.3) is 0 Å². The van der Waals surface area contributed by atoms with Crippen LogP contribution in [0.3, 0.4) is 0 Å². The maximum Gasteiger partial charge on any atom is 0.234 e. The molecule has 6 heteroatoms. The molecule has 0 radical (unpaired) electrons. The van der Waals surface area contributed by atoms with Crippen LogP contribution >= 0.6 is 12.4 Å². The first-order chi connectivity index (χ1) is 9.67. The SMILES string of the molecule is Cl.NCC1CCCN(CC(=O)NCc2ccc(F)cc2)C1. The number of carbonyl (C=O) groups is 1. The third kappa shape index (κ3) is 5.99. The van der Waals surface area contributed by atoms with E-state index in [0.717, 1.165) is 31.5 Å². The van der Waals surface area contributed by atoms with Gasteiger partial charge >= 0.3 is 0 Å². The number of hydrogen-bond acceptors (Lipinski definition) is 3. The number of benzene rings is 1. The van der Waals surface area contributed by atoms with E-state index in [1.807, 2.05) is 0 Å². The van der Waals surface area contributed by atoms with E-state index in [-0.39, 0.29) is 24.1 Å². The van der Waals surface area contributed by atoms with E-state index < -0.39 is 0 Å². The maximum atomic E-state index is 12.8. The van der Waals surface area contributed by atoms with E-state index in [0.29, 0.717) is 25.6 Å². The molecule has 1 atom stereocenters. The normalized spacial score (nSPS) is 18.9. The number of hydrogen-bond donors (Lipinski definition) is 2. The summed E-state index contributed by atoms with van der Waals surface area (Å²) in [5, 5.41) is 2.86. The number of amides is 1. The van der Waals surface area contributed by atoms with Crippen LogP contribution < -0.4 is 11.1 Å². The van der Waals surface area contributed by atoms with Gasteiger partial charge in [0.1, 0.15) is 5.82 Å². The average Bonchev–Trinajstić information content (AvgIpc) is 2.47. The van der Waals surface area contributed by atoms with Crippen LogP contribution in [0.4, 0.5) is 4.39 Å². The fraction of sp³-hybridized carbons (Fsp3) is 0.533. The summed E-state index contributed by atoms with van der Waals surface area (Å²) in [5.74, 6) is 0.252. The highest BCUT2D eigenvalue weighted by Gasteiger charge is 2.20. The Morgan fingerprint density at radius 1 is 1.38 bits per heavy atom. The van der Waals surface area contributed by atoms with E-state index in [1.165, 1.54) is 12.1 Å². The van der Waals surface area contributed by atoms with Crippen molar-refractivity contribution in [3.05, 3.63) is 35.6 Å². The molecule has 3 N–H and O–H groups in total. The van der Waals surface area contributed by atoms with Crippen molar-refractivity contribution in [2.24, 2.45) is 11.7 Å². The topological polar surface area (TPSA) is 58.4 Å². The zero-order chi connectivity index (χ0) is 14.4. The summed E-state index contributed by atoms with van der Waals surface area (Å²) in [6, 6.07) is 6.16. The Kier molecular flexibility index (Phi) is 7.64. The Morgan fingerprint density at radius 3 is 2.76 bits per heavy atom. The van der Waals surface area contributed by atoms with E-state index in [2.05, 4.69) is 10.2 Å². The first kappa shape index (κ1) is 17.9. The van der Waals surface area contributed by atoms with Crippen LogP contribution in [0.15, 0.2) is 24.3 Å². The van der Waals surface area contributed by atoms with Gasteiger partial charge in [0, 0.05) is 13.1 Å². The quantitative estimate of drug-likeness (QED) is 0.866. The first-order valence-corrected chi connectivity index (χ1v) is 7.11. The second-order valence-corrected chi connectivity index (χ2v) is 5.38. The average molecular weight is 316 g/mol. The molecule has 2 rings (SSSR count). The molecule has 1 heterocycles. The Labute approximate surface area is 131 Å². The molecule has 21 heavy (non-hydrogen) atoms. The number of nitrogens with two attached hydrogens (primary N) is 1. The van der Waals surface area contributed by atoms with Crippen LogP contribution in [-0.2, 0) is 11.3 Å². The predicted molar refractivity (Wildman–Crippen MR) is 83.7 cm³/mol. The van der Waals surface area contributed by atoms with Crippen molar-refractivity contribution >= 4 is 18.3 Å². The number of carbonyl (C=O) groups excluding carboxylic acids is 1. The van der Waals surface area contributed by atoms with Gasteiger partial charge in [0.05, 0.1) is 6.54 Å². The van der Waals surface area contributed by atoms with Gasteiger partial charge in [0.2, 0.25) is 5.91 Å². The smallest absolute Gasteiger partial charge is 0.234 e. The van der Waals surface area contributed by atoms with Gasteiger partial charge in [0.15, 0.2) is 0 Å². The molecule has 1 unspecified atom stereocenters. The zero-order valence-electron chi connectivity index (χ0n) is 12.1. The lowest BCUT2D eigenvalue weighted by molar-refractivity contribution is -0.122. The summed E-state index contributed by atoms with van der Waals surface area (Å²) in [4.78, 5) is 14.0. The summed E-state index contributed by atoms with van der Waals surface area (Å²) in [5.41, 5.74) is 6.59. The molecule has 1 fully saturated rings. The van der Waals surface area contributed by atoms with Gasteiger partial charge in [-0.05, 0) is 49.5 Å². The standard InChI is InChI=1S/C15H22FN3O.ClH/c16-14-5-3-12(4-6-14)9-18-15(20)11-19-7-1-2-13(8-17)10-19;/h3-6,13H,1-2,7-11,17H2,(H,18,20);1H. The molecular weight excluding hydrogens is 293 g/mol. The lowest BCUT2D eigenvalue weighted by atomic mass is 9.98. The van der Waals surface area contributed by atoms with E-state index in [9.17, 15) is 9.18 Å². The van der Waals surface area contributed by atoms with Crippen LogP contribution in [0.1, 0.15) is 18.4 Å². The zero-order valence-corrected chi connectivity index (χ0v) is 12.9. The van der Waals surface area contributed by atoms with Crippen LogP contribution in [0.5, 0.6) is 0 Å². The van der Waals surface area contributed by atoms with Gasteiger partial charge in [-0.15, -0.1) is 12.4 Å². The molecule has 0 bridgehead atoms. The minimum absolute atomic E-state index is 0. The minimum atomic E-state index is -0.263. The fourth-order valence-corrected chi connectivity index (χ4v) is 2.55. The van der Waals surface area contributed by atoms with Gasteiger partial charge in [-0.1, -0.05) is 12.1 Å². The number of nitrogens with zero attached hydrogens (tertiary/aromatic N) is 1. The van der Waals surface area contributed by atoms with Crippen LogP contribution in [0, 0.1) is 11.7 Å². The Balaban J connectivity index is 0.00000220. The minimum Gasteiger partial charge on any atom is -0.351 e. The Morgan fingerprint density at radius 2 is 2.10 bits per heavy atom. The molecule has 0 saturated carbocycles. The van der Waals surface area contributed by atoms with Crippen molar-refractivity contribution in [1.29, 1.82) is 0 Å². The van der Waals surface area contributed by atoms with Crippen molar-refractivity contribution in [2.75, 3.05) is 26.2 Å². The molecule has 0 aromatic heterocycles. The third-order valence-electron chi connectivity index (χ3n) is 3.71. The molecule has 1 aromatic carbocycles. The number of nitrogens with one attached hydrogen (secondary N) is 1. The van der Waals surface area contributed by atoms with Gasteiger partial charge in [-0.3, -0.25) is 9.69 Å². The van der Waals surface area contributed by atoms with E-state index >= 15 is 0 Å². The van der Waals surface area contributed by atoms with Gasteiger partial charge in [-0.25, -0.2) is 4.39 Å². The lowest BCUT2D eigenvalue weighted by Gasteiger charge is -2.31. The highest BCUT2D eigenvalue weighted by atomic mass is 35.5. The summed E-state index contributed by atoms with van der Waals surface area (Å²) < 4.78 is 12.8. The monoisotopic (exact) mass is 315 g/mol. The van der Waals surface area contributed by atoms with E-state index in [4.69, 9.17) is 5.73 Å². The number of rotatable bonds is 5. The van der Waals surface area contributed by atoms with Crippen molar-refractivity contribution in [3.8, 4) is 0 Å². The van der Waals surface area contributed by atoms with Gasteiger partial charge < -0.3 is 11.1 Å². The molecular formula is C15H23ClFN3O. The highest BCUT2D eigenvalue weighted by Crippen LogP contribution is 2.14. The molecule has 1 aromatic rings. The summed E-state index contributed by atoms with van der Waals surface area (Å²) in [7, 11) is 0. The predicted octanol–water partition coefficient (Wildman–Crippen LogP) is 1.53. The second kappa shape index (κ2) is 8.97. The molecule has 1 saturated heterocycles. The number of piperidine rings is 1. The van der Waals surface area contributed by atoms with Crippen molar-refractivity contribution < 1.29 is 9.18 Å². The molecule has 1 aliphatic rings. The highest BCUT2D eigenvalue weighted by molar-refractivity contribution is 5.85. The van der Waals surface area contributed by atoms with Crippen molar-refractivity contribution in [2.45, 2.75) is 19.4 Å². The summed E-state index contributed by atoms with van der Waals surface area (Å²) in [6.07, 6.45) is 2.26. The lowest BCUT2D eigenvalue weighted by Crippen LogP contribution is -2.43. The molecule has 0 aliphatic carbocycles. The maximum absolute atomic E-state index is 12.8. The second-order valence-electron chi connectivity index (χ2n) is 5.38. The van der Waals surface area contributed by atoms with Crippen molar-refractivity contribution in [1.82, 2.24) is 10.2 Å². The van der Waals surface area contributed by atoms with Crippen LogP contribution in [0.2, 0.25) is 0 Å². The molecule has 0 spiro atoms. The van der Waals surface area contributed by atoms with Gasteiger partial charge in [-0.2, -0.15) is 0 Å². The molecule has 118 valence electrons. The molecule has 1 amide bonds. The largest absolute Gasteiger partial charge is 0.351 e. The molecule has 4 nitrogen and oxygen atoms in total. The summed E-state index contributed by atoms with van der Waals surface area (Å²) in [6.45, 7) is 3.40. The number of halogens is 2.